The second-order valence-electron chi connectivity index (χ2n) is 5.42. The molecule has 114 valence electrons. The first-order valence-corrected chi connectivity index (χ1v) is 7.54. The van der Waals surface area contributed by atoms with Crippen LogP contribution in [0, 0.1) is 19.3 Å². The van der Waals surface area contributed by atoms with Crippen LogP contribution in [0.15, 0.2) is 4.99 Å². The van der Waals surface area contributed by atoms with Crippen molar-refractivity contribution in [1.29, 1.82) is 0 Å². The maximum Gasteiger partial charge on any atom is 0.192 e. The molecule has 0 radical (unpaired) electrons. The normalized spacial score (nSPS) is 16.5. The maximum absolute atomic E-state index is 5.32. The molecule has 2 N–H and O–H groups in total. The summed E-state index contributed by atoms with van der Waals surface area (Å²) in [6.07, 6.45) is 11.6. The molecule has 1 saturated carbocycles. The third-order valence-corrected chi connectivity index (χ3v) is 3.87. The van der Waals surface area contributed by atoms with E-state index in [0.29, 0.717) is 19.1 Å². The van der Waals surface area contributed by atoms with Crippen LogP contribution in [0.4, 0.5) is 0 Å². The molecule has 1 heterocycles. The van der Waals surface area contributed by atoms with Crippen molar-refractivity contribution in [3.05, 3.63) is 11.6 Å². The zero-order chi connectivity index (χ0) is 15.1. The molecule has 1 aromatic rings. The largest absolute Gasteiger partial charge is 0.354 e. The number of nitrogens with one attached hydrogen (secondary N) is 2. The lowest BCUT2D eigenvalue weighted by atomic mass is 9.96. The van der Waals surface area contributed by atoms with Gasteiger partial charge in [0.2, 0.25) is 0 Å². The number of nitrogens with zero attached hydrogens (tertiary/aromatic N) is 4. The Kier molecular flexibility index (Phi) is 5.61. The Morgan fingerprint density at radius 2 is 2.14 bits per heavy atom. The Hall–Kier alpha value is -2.03. The summed E-state index contributed by atoms with van der Waals surface area (Å²) in [5, 5.41) is 14.8. The van der Waals surface area contributed by atoms with Gasteiger partial charge in [0.1, 0.15) is 12.4 Å². The number of hydrogen-bond acceptors (Lipinski definition) is 3. The molecule has 0 spiro atoms. The Labute approximate surface area is 126 Å². The van der Waals surface area contributed by atoms with Crippen LogP contribution in [-0.4, -0.2) is 33.3 Å². The van der Waals surface area contributed by atoms with Crippen LogP contribution >= 0.6 is 0 Å². The van der Waals surface area contributed by atoms with Gasteiger partial charge in [-0.2, -0.15) is 0 Å². The van der Waals surface area contributed by atoms with Gasteiger partial charge in [-0.3, -0.25) is 0 Å². The van der Waals surface area contributed by atoms with E-state index in [2.05, 4.69) is 31.7 Å². The zero-order valence-corrected chi connectivity index (χ0v) is 12.9. The highest BCUT2D eigenvalue weighted by molar-refractivity contribution is 5.80. The minimum atomic E-state index is 0.469. The van der Waals surface area contributed by atoms with E-state index in [1.165, 1.54) is 32.1 Å². The maximum atomic E-state index is 5.32. The van der Waals surface area contributed by atoms with Crippen molar-refractivity contribution in [3.63, 3.8) is 0 Å². The van der Waals surface area contributed by atoms with Crippen LogP contribution in [0.1, 0.15) is 43.8 Å². The molecule has 0 aliphatic heterocycles. The lowest BCUT2D eigenvalue weighted by Crippen LogP contribution is -2.44. The quantitative estimate of drug-likeness (QED) is 0.495. The predicted molar refractivity (Wildman–Crippen MR) is 83.7 cm³/mol. The fourth-order valence-corrected chi connectivity index (χ4v) is 2.47. The van der Waals surface area contributed by atoms with Crippen LogP contribution in [0.5, 0.6) is 0 Å². The predicted octanol–water partition coefficient (Wildman–Crippen LogP) is 1.12. The highest BCUT2D eigenvalue weighted by Crippen LogP contribution is 2.17. The standard InChI is InChI=1S/C15H24N6/c1-4-10-16-15(18-13-8-6-5-7-9-13)17-11-14-20-19-12(2)21(14)3/h1,13H,5-11H2,2-3H3,(H2,16,17,18). The Balaban J connectivity index is 1.98. The van der Waals surface area contributed by atoms with Crippen molar-refractivity contribution in [1.82, 2.24) is 25.4 Å². The molecule has 1 aliphatic rings. The van der Waals surface area contributed by atoms with E-state index in [1.807, 2.05) is 18.5 Å². The van der Waals surface area contributed by atoms with Crippen molar-refractivity contribution < 1.29 is 0 Å². The SMILES string of the molecule is C#CCNC(=NCc1nnc(C)n1C)NC1CCCCC1. The van der Waals surface area contributed by atoms with Crippen LogP contribution in [0.2, 0.25) is 0 Å². The van der Waals surface area contributed by atoms with E-state index in [4.69, 9.17) is 6.42 Å². The second kappa shape index (κ2) is 7.67. The summed E-state index contributed by atoms with van der Waals surface area (Å²) in [6.45, 7) is 2.89. The highest BCUT2D eigenvalue weighted by atomic mass is 15.3. The van der Waals surface area contributed by atoms with E-state index in [1.54, 1.807) is 0 Å². The Morgan fingerprint density at radius 1 is 1.38 bits per heavy atom. The first kappa shape index (κ1) is 15.4. The number of rotatable bonds is 4. The number of guanidine groups is 1. The molecule has 21 heavy (non-hydrogen) atoms. The summed E-state index contributed by atoms with van der Waals surface area (Å²) < 4.78 is 1.95. The van der Waals surface area contributed by atoms with Crippen molar-refractivity contribution in [3.8, 4) is 12.3 Å². The minimum Gasteiger partial charge on any atom is -0.354 e. The van der Waals surface area contributed by atoms with Crippen LogP contribution in [-0.2, 0) is 13.6 Å². The van der Waals surface area contributed by atoms with E-state index in [0.717, 1.165) is 17.6 Å². The molecule has 1 aromatic heterocycles. The first-order chi connectivity index (χ1) is 10.2. The highest BCUT2D eigenvalue weighted by Gasteiger charge is 2.14. The zero-order valence-electron chi connectivity index (χ0n) is 12.9. The average Bonchev–Trinajstić information content (AvgIpc) is 2.83. The van der Waals surface area contributed by atoms with Gasteiger partial charge in [-0.1, -0.05) is 25.2 Å². The number of terminal acetylenes is 1. The third kappa shape index (κ3) is 4.48. The van der Waals surface area contributed by atoms with Gasteiger partial charge >= 0.3 is 0 Å². The van der Waals surface area contributed by atoms with Gasteiger partial charge < -0.3 is 15.2 Å². The van der Waals surface area contributed by atoms with Crippen LogP contribution in [0.25, 0.3) is 0 Å². The van der Waals surface area contributed by atoms with E-state index >= 15 is 0 Å². The first-order valence-electron chi connectivity index (χ1n) is 7.54. The molecule has 0 amide bonds. The van der Waals surface area contributed by atoms with Crippen LogP contribution in [0.3, 0.4) is 0 Å². The van der Waals surface area contributed by atoms with Crippen LogP contribution < -0.4 is 10.6 Å². The number of aryl methyl sites for hydroxylation is 1. The molecule has 1 aliphatic carbocycles. The van der Waals surface area contributed by atoms with Crippen molar-refractivity contribution in [2.24, 2.45) is 12.0 Å². The number of aliphatic imine (C=N–C) groups is 1. The van der Waals surface area contributed by atoms with Gasteiger partial charge in [0.05, 0.1) is 6.54 Å². The minimum absolute atomic E-state index is 0.469. The topological polar surface area (TPSA) is 67.1 Å². The summed E-state index contributed by atoms with van der Waals surface area (Å²) in [5.74, 6) is 5.08. The smallest absolute Gasteiger partial charge is 0.192 e. The Morgan fingerprint density at radius 3 is 2.76 bits per heavy atom. The number of aromatic nitrogens is 3. The summed E-state index contributed by atoms with van der Waals surface area (Å²) in [4.78, 5) is 4.58. The molecule has 0 atom stereocenters. The fourth-order valence-electron chi connectivity index (χ4n) is 2.47. The van der Waals surface area contributed by atoms with Gasteiger partial charge in [0.25, 0.3) is 0 Å². The van der Waals surface area contributed by atoms with Gasteiger partial charge in [-0.05, 0) is 19.8 Å². The third-order valence-electron chi connectivity index (χ3n) is 3.87. The molecule has 6 nitrogen and oxygen atoms in total. The van der Waals surface area contributed by atoms with Crippen molar-refractivity contribution in [2.45, 2.75) is 51.6 Å². The van der Waals surface area contributed by atoms with E-state index in [9.17, 15) is 0 Å². The molecular weight excluding hydrogens is 264 g/mol. The lowest BCUT2D eigenvalue weighted by Gasteiger charge is -2.24. The van der Waals surface area contributed by atoms with Gasteiger partial charge in [0, 0.05) is 13.1 Å². The second-order valence-corrected chi connectivity index (χ2v) is 5.42. The lowest BCUT2D eigenvalue weighted by molar-refractivity contribution is 0.410. The fraction of sp³-hybridized carbons (Fsp3) is 0.667. The molecular formula is C15H24N6. The summed E-state index contributed by atoms with van der Waals surface area (Å²) in [6, 6.07) is 0.490. The molecule has 1 fully saturated rings. The van der Waals surface area contributed by atoms with E-state index in [-0.39, 0.29) is 0 Å². The summed E-state index contributed by atoms with van der Waals surface area (Å²) in [7, 11) is 1.95. The molecule has 0 saturated heterocycles. The molecule has 6 heteroatoms. The summed E-state index contributed by atoms with van der Waals surface area (Å²) >= 11 is 0. The van der Waals surface area contributed by atoms with Gasteiger partial charge in [-0.25, -0.2) is 4.99 Å². The monoisotopic (exact) mass is 288 g/mol. The van der Waals surface area contributed by atoms with Gasteiger partial charge in [0.15, 0.2) is 11.8 Å². The van der Waals surface area contributed by atoms with Crippen molar-refractivity contribution >= 4 is 5.96 Å². The van der Waals surface area contributed by atoms with Crippen molar-refractivity contribution in [2.75, 3.05) is 6.54 Å². The molecule has 0 aromatic carbocycles. The summed E-state index contributed by atoms with van der Waals surface area (Å²) in [5.41, 5.74) is 0. The molecule has 0 unspecified atom stereocenters. The van der Waals surface area contributed by atoms with E-state index < -0.39 is 0 Å². The van der Waals surface area contributed by atoms with Gasteiger partial charge in [-0.15, -0.1) is 16.6 Å². The average molecular weight is 288 g/mol. The molecule has 2 rings (SSSR count). The number of hydrogen-bond donors (Lipinski definition) is 2. The Bertz CT molecular complexity index is 519. The molecule has 0 bridgehead atoms.